The average molecular weight is 349 g/mol. The highest BCUT2D eigenvalue weighted by molar-refractivity contribution is 6.30. The van der Waals surface area contributed by atoms with Crippen LogP contribution < -0.4 is 5.32 Å². The lowest BCUT2D eigenvalue weighted by Gasteiger charge is -2.15. The molecule has 0 saturated heterocycles. The van der Waals surface area contributed by atoms with Crippen molar-refractivity contribution >= 4 is 29.2 Å². The Hall–Kier alpha value is -2.93. The van der Waals surface area contributed by atoms with Crippen molar-refractivity contribution < 1.29 is 19.6 Å². The second kappa shape index (κ2) is 7.56. The number of hydrogen-bond donors (Lipinski definition) is 2. The Morgan fingerprint density at radius 1 is 1.21 bits per heavy atom. The first-order valence-corrected chi connectivity index (χ1v) is 7.26. The average Bonchev–Trinajstić information content (AvgIpc) is 2.54. The van der Waals surface area contributed by atoms with Crippen LogP contribution in [0.3, 0.4) is 0 Å². The van der Waals surface area contributed by atoms with Crippen LogP contribution in [0.2, 0.25) is 5.02 Å². The van der Waals surface area contributed by atoms with Crippen molar-refractivity contribution in [2.75, 3.05) is 0 Å². The third kappa shape index (κ3) is 4.30. The van der Waals surface area contributed by atoms with Crippen LogP contribution in [0.5, 0.6) is 0 Å². The summed E-state index contributed by atoms with van der Waals surface area (Å²) >= 11 is 5.72. The van der Waals surface area contributed by atoms with Gasteiger partial charge in [0.25, 0.3) is 5.69 Å². The van der Waals surface area contributed by atoms with Crippen LogP contribution in [0.15, 0.2) is 48.5 Å². The van der Waals surface area contributed by atoms with E-state index in [9.17, 15) is 24.8 Å². The molecule has 0 aromatic heterocycles. The molecule has 0 bridgehead atoms. The summed E-state index contributed by atoms with van der Waals surface area (Å²) < 4.78 is 0. The number of carbonyl (C=O) groups excluding carboxylic acids is 1. The van der Waals surface area contributed by atoms with E-state index in [1.807, 2.05) is 0 Å². The van der Waals surface area contributed by atoms with Gasteiger partial charge in [-0.3, -0.25) is 14.9 Å². The Morgan fingerprint density at radius 2 is 1.88 bits per heavy atom. The number of carboxylic acids is 1. The monoisotopic (exact) mass is 348 g/mol. The number of benzene rings is 2. The summed E-state index contributed by atoms with van der Waals surface area (Å²) in [5.41, 5.74) is 0.271. The van der Waals surface area contributed by atoms with Crippen LogP contribution in [0.4, 0.5) is 5.69 Å². The maximum Gasteiger partial charge on any atom is 0.330 e. The van der Waals surface area contributed by atoms with Gasteiger partial charge in [-0.1, -0.05) is 48.0 Å². The van der Waals surface area contributed by atoms with E-state index in [0.717, 1.165) is 6.07 Å². The minimum atomic E-state index is -1.23. The number of nitro benzene ring substituents is 1. The molecule has 0 spiro atoms. The number of hydrogen-bond acceptors (Lipinski definition) is 4. The highest BCUT2D eigenvalue weighted by atomic mass is 35.5. The molecule has 0 aliphatic carbocycles. The van der Waals surface area contributed by atoms with Crippen molar-refractivity contribution in [3.8, 4) is 0 Å². The number of nitrogens with one attached hydrogen (secondary N) is 1. The summed E-state index contributed by atoms with van der Waals surface area (Å²) in [6, 6.07) is 10.9. The fraction of sp³-hybridized carbons (Fsp3) is 0.125. The van der Waals surface area contributed by atoms with E-state index in [-0.39, 0.29) is 22.7 Å². The molecule has 0 heterocycles. The molecule has 1 amide bonds. The molecule has 7 nitrogen and oxygen atoms in total. The Labute approximate surface area is 142 Å². The highest BCUT2D eigenvalue weighted by Crippen LogP contribution is 2.24. The van der Waals surface area contributed by atoms with Crippen molar-refractivity contribution in [3.63, 3.8) is 0 Å². The van der Waals surface area contributed by atoms with Gasteiger partial charge in [0.2, 0.25) is 5.91 Å². The normalized spacial score (nSPS) is 11.5. The molecule has 0 saturated carbocycles. The molecule has 0 radical (unpaired) electrons. The van der Waals surface area contributed by atoms with Crippen molar-refractivity contribution in [2.45, 2.75) is 12.5 Å². The van der Waals surface area contributed by atoms with E-state index in [4.69, 9.17) is 11.6 Å². The predicted molar refractivity (Wildman–Crippen MR) is 86.8 cm³/mol. The number of halogens is 1. The Balaban J connectivity index is 2.18. The summed E-state index contributed by atoms with van der Waals surface area (Å²) in [5, 5.41) is 22.9. The van der Waals surface area contributed by atoms with E-state index in [2.05, 4.69) is 5.32 Å². The van der Waals surface area contributed by atoms with Gasteiger partial charge >= 0.3 is 5.97 Å². The van der Waals surface area contributed by atoms with Gasteiger partial charge in [0.1, 0.15) is 0 Å². The molecule has 24 heavy (non-hydrogen) atoms. The molecular formula is C16H13ClN2O5. The van der Waals surface area contributed by atoms with E-state index in [0.29, 0.717) is 5.56 Å². The number of carboxylic acid groups (broad SMARTS) is 1. The zero-order valence-corrected chi connectivity index (χ0v) is 13.1. The molecule has 124 valence electrons. The summed E-state index contributed by atoms with van der Waals surface area (Å²) in [6.07, 6.45) is -0.329. The van der Waals surface area contributed by atoms with Gasteiger partial charge in [-0.25, -0.2) is 4.79 Å². The van der Waals surface area contributed by atoms with Crippen LogP contribution in [0, 0.1) is 10.1 Å². The van der Waals surface area contributed by atoms with Crippen molar-refractivity contribution in [1.82, 2.24) is 5.32 Å². The van der Waals surface area contributed by atoms with Crippen LogP contribution in [-0.2, 0) is 16.0 Å². The SMILES string of the molecule is O=C(Cc1ccc(Cl)cc1[N+](=O)[O-])N[C@H](C(=O)O)c1ccccc1. The van der Waals surface area contributed by atoms with Gasteiger partial charge in [-0.15, -0.1) is 0 Å². The Kier molecular flexibility index (Phi) is 5.49. The largest absolute Gasteiger partial charge is 0.479 e. The summed E-state index contributed by atoms with van der Waals surface area (Å²) in [7, 11) is 0. The third-order valence-corrected chi connectivity index (χ3v) is 3.52. The molecule has 0 unspecified atom stereocenters. The van der Waals surface area contributed by atoms with Gasteiger partial charge in [0.15, 0.2) is 6.04 Å². The third-order valence-electron chi connectivity index (χ3n) is 3.28. The molecule has 0 aliphatic heterocycles. The maximum absolute atomic E-state index is 12.1. The predicted octanol–water partition coefficient (Wildman–Crippen LogP) is 2.73. The lowest BCUT2D eigenvalue weighted by Crippen LogP contribution is -2.34. The zero-order valence-electron chi connectivity index (χ0n) is 12.3. The first kappa shape index (κ1) is 17.4. The van der Waals surface area contributed by atoms with Crippen molar-refractivity contribution in [3.05, 3.63) is 74.8 Å². The van der Waals surface area contributed by atoms with Gasteiger partial charge < -0.3 is 10.4 Å². The van der Waals surface area contributed by atoms with E-state index < -0.39 is 22.8 Å². The molecule has 8 heteroatoms. The number of carbonyl (C=O) groups is 2. The Bertz CT molecular complexity index is 779. The topological polar surface area (TPSA) is 110 Å². The number of amides is 1. The van der Waals surface area contributed by atoms with Crippen molar-refractivity contribution in [1.29, 1.82) is 0 Å². The highest BCUT2D eigenvalue weighted by Gasteiger charge is 2.23. The fourth-order valence-corrected chi connectivity index (χ4v) is 2.34. The summed E-state index contributed by atoms with van der Waals surface area (Å²) in [5.74, 6) is -1.86. The van der Waals surface area contributed by atoms with Crippen LogP contribution in [-0.4, -0.2) is 21.9 Å². The standard InChI is InChI=1S/C16H13ClN2O5/c17-12-7-6-11(13(9-12)19(23)24)8-14(20)18-15(16(21)22)10-4-2-1-3-5-10/h1-7,9,15H,8H2,(H,18,20)(H,21,22)/t15-/m0/s1. The molecule has 2 rings (SSSR count). The minimum Gasteiger partial charge on any atom is -0.479 e. The molecule has 2 aromatic carbocycles. The fourth-order valence-electron chi connectivity index (χ4n) is 2.17. The van der Waals surface area contributed by atoms with E-state index in [1.165, 1.54) is 12.1 Å². The Morgan fingerprint density at radius 3 is 2.46 bits per heavy atom. The lowest BCUT2D eigenvalue weighted by atomic mass is 10.1. The molecule has 2 N–H and O–H groups in total. The summed E-state index contributed by atoms with van der Waals surface area (Å²) in [4.78, 5) is 33.9. The van der Waals surface area contributed by atoms with Crippen molar-refractivity contribution in [2.24, 2.45) is 0 Å². The smallest absolute Gasteiger partial charge is 0.330 e. The zero-order chi connectivity index (χ0) is 17.7. The number of aliphatic carboxylic acids is 1. The maximum atomic E-state index is 12.1. The first-order chi connectivity index (χ1) is 11.4. The van der Waals surface area contributed by atoms with Crippen LogP contribution in [0.1, 0.15) is 17.2 Å². The number of nitrogens with zero attached hydrogens (tertiary/aromatic N) is 1. The van der Waals surface area contributed by atoms with Gasteiger partial charge in [0, 0.05) is 16.7 Å². The van der Waals surface area contributed by atoms with E-state index >= 15 is 0 Å². The molecular weight excluding hydrogens is 336 g/mol. The lowest BCUT2D eigenvalue weighted by molar-refractivity contribution is -0.385. The quantitative estimate of drug-likeness (QED) is 0.616. The van der Waals surface area contributed by atoms with Gasteiger partial charge in [-0.2, -0.15) is 0 Å². The molecule has 0 fully saturated rings. The summed E-state index contributed by atoms with van der Waals surface area (Å²) in [6.45, 7) is 0. The van der Waals surface area contributed by atoms with Crippen LogP contribution in [0.25, 0.3) is 0 Å². The second-order valence-electron chi connectivity index (χ2n) is 4.96. The number of nitro groups is 1. The second-order valence-corrected chi connectivity index (χ2v) is 5.39. The minimum absolute atomic E-state index is 0.152. The van der Waals surface area contributed by atoms with Gasteiger partial charge in [-0.05, 0) is 11.6 Å². The van der Waals surface area contributed by atoms with Crippen LogP contribution >= 0.6 is 11.6 Å². The number of rotatable bonds is 6. The molecule has 2 aromatic rings. The molecule has 1 atom stereocenters. The first-order valence-electron chi connectivity index (χ1n) is 6.88. The van der Waals surface area contributed by atoms with E-state index in [1.54, 1.807) is 30.3 Å². The van der Waals surface area contributed by atoms with Gasteiger partial charge in [0.05, 0.1) is 11.3 Å². The molecule has 0 aliphatic rings.